The van der Waals surface area contributed by atoms with Crippen molar-refractivity contribution >= 4 is 0 Å². The zero-order valence-corrected chi connectivity index (χ0v) is 7.96. The van der Waals surface area contributed by atoms with Crippen molar-refractivity contribution in [1.82, 2.24) is 4.90 Å². The summed E-state index contributed by atoms with van der Waals surface area (Å²) in [6.45, 7) is 4.19. The van der Waals surface area contributed by atoms with Crippen molar-refractivity contribution in [2.75, 3.05) is 13.3 Å². The van der Waals surface area contributed by atoms with Crippen LogP contribution >= 0.6 is 0 Å². The molecular weight excluding hydrogens is 150 g/mol. The second kappa shape index (κ2) is 3.75. The summed E-state index contributed by atoms with van der Waals surface area (Å²) < 4.78 is 5.56. The van der Waals surface area contributed by atoms with Gasteiger partial charge in [0.15, 0.2) is 0 Å². The van der Waals surface area contributed by atoms with Crippen molar-refractivity contribution in [2.24, 2.45) is 0 Å². The summed E-state index contributed by atoms with van der Waals surface area (Å²) in [4.78, 5) is 2.55. The van der Waals surface area contributed by atoms with Gasteiger partial charge < -0.3 is 4.74 Å². The number of fused-ring (bicyclic) bond motifs is 1. The Hall–Kier alpha value is -0.0800. The van der Waals surface area contributed by atoms with E-state index < -0.39 is 0 Å². The van der Waals surface area contributed by atoms with Crippen molar-refractivity contribution < 1.29 is 4.74 Å². The maximum absolute atomic E-state index is 5.56. The summed E-state index contributed by atoms with van der Waals surface area (Å²) in [6.07, 6.45) is 6.79. The van der Waals surface area contributed by atoms with Gasteiger partial charge in [0.25, 0.3) is 0 Å². The first-order valence-corrected chi connectivity index (χ1v) is 5.21. The van der Waals surface area contributed by atoms with Gasteiger partial charge in [0.1, 0.15) is 0 Å². The molecule has 2 unspecified atom stereocenters. The Morgan fingerprint density at radius 3 is 2.92 bits per heavy atom. The Labute approximate surface area is 74.9 Å². The molecule has 0 saturated carbocycles. The van der Waals surface area contributed by atoms with E-state index in [9.17, 15) is 0 Å². The van der Waals surface area contributed by atoms with E-state index in [2.05, 4.69) is 11.8 Å². The fourth-order valence-corrected chi connectivity index (χ4v) is 2.47. The molecule has 0 spiro atoms. The van der Waals surface area contributed by atoms with E-state index in [-0.39, 0.29) is 0 Å². The van der Waals surface area contributed by atoms with Crippen LogP contribution in [0.1, 0.15) is 39.0 Å². The molecule has 0 aromatic rings. The van der Waals surface area contributed by atoms with Gasteiger partial charge in [0, 0.05) is 18.7 Å². The zero-order chi connectivity index (χ0) is 8.39. The number of nitrogens with zero attached hydrogens (tertiary/aromatic N) is 1. The molecule has 2 nitrogen and oxygen atoms in total. The number of hydrogen-bond donors (Lipinski definition) is 0. The molecular formula is C10H19NO. The highest BCUT2D eigenvalue weighted by atomic mass is 16.5. The minimum Gasteiger partial charge on any atom is -0.366 e. The minimum absolute atomic E-state index is 0.752. The molecule has 12 heavy (non-hydrogen) atoms. The van der Waals surface area contributed by atoms with Gasteiger partial charge in [-0.1, -0.05) is 6.42 Å². The van der Waals surface area contributed by atoms with E-state index in [1.54, 1.807) is 0 Å². The van der Waals surface area contributed by atoms with E-state index in [0.29, 0.717) is 0 Å². The molecule has 0 N–H and O–H groups in total. The SMILES string of the molecule is CC1CCCC2CCCOCN12. The van der Waals surface area contributed by atoms with Crippen LogP contribution in [0, 0.1) is 0 Å². The standard InChI is InChI=1S/C10H19NO/c1-9-4-2-5-10-6-3-7-12-8-11(9)10/h9-10H,2-8H2,1H3. The summed E-state index contributed by atoms with van der Waals surface area (Å²) in [5, 5.41) is 0. The van der Waals surface area contributed by atoms with E-state index in [4.69, 9.17) is 4.74 Å². The molecule has 0 aromatic heterocycles. The van der Waals surface area contributed by atoms with Gasteiger partial charge in [-0.25, -0.2) is 0 Å². The lowest BCUT2D eigenvalue weighted by molar-refractivity contribution is -0.0125. The Balaban J connectivity index is 2.00. The summed E-state index contributed by atoms with van der Waals surface area (Å²) >= 11 is 0. The van der Waals surface area contributed by atoms with Crippen molar-refractivity contribution in [2.45, 2.75) is 51.1 Å². The van der Waals surface area contributed by atoms with Gasteiger partial charge in [-0.05, 0) is 32.6 Å². The summed E-state index contributed by atoms with van der Waals surface area (Å²) in [6, 6.07) is 1.58. The van der Waals surface area contributed by atoms with Crippen molar-refractivity contribution in [1.29, 1.82) is 0 Å². The lowest BCUT2D eigenvalue weighted by atomic mass is 9.94. The van der Waals surface area contributed by atoms with Crippen molar-refractivity contribution in [3.05, 3.63) is 0 Å². The number of piperidine rings is 1. The minimum atomic E-state index is 0.752. The van der Waals surface area contributed by atoms with Gasteiger partial charge >= 0.3 is 0 Å². The van der Waals surface area contributed by atoms with Gasteiger partial charge in [-0.2, -0.15) is 0 Å². The van der Waals surface area contributed by atoms with Crippen LogP contribution in [0.25, 0.3) is 0 Å². The third-order valence-electron chi connectivity index (χ3n) is 3.26. The molecule has 2 saturated heterocycles. The summed E-state index contributed by atoms with van der Waals surface area (Å²) in [7, 11) is 0. The smallest absolute Gasteiger partial charge is 0.0994 e. The molecule has 70 valence electrons. The molecule has 0 amide bonds. The highest BCUT2D eigenvalue weighted by molar-refractivity contribution is 4.81. The van der Waals surface area contributed by atoms with Crippen molar-refractivity contribution in [3.63, 3.8) is 0 Å². The van der Waals surface area contributed by atoms with Crippen LogP contribution in [-0.4, -0.2) is 30.3 Å². The molecule has 0 aromatic carbocycles. The Bertz CT molecular complexity index is 149. The van der Waals surface area contributed by atoms with Crippen LogP contribution in [0.3, 0.4) is 0 Å². The fraction of sp³-hybridized carbons (Fsp3) is 1.00. The average Bonchev–Trinajstić information content (AvgIpc) is 2.30. The Kier molecular flexibility index (Phi) is 2.66. The van der Waals surface area contributed by atoms with Crippen LogP contribution in [-0.2, 0) is 4.74 Å². The molecule has 2 aliphatic rings. The predicted molar refractivity (Wildman–Crippen MR) is 49.0 cm³/mol. The molecule has 2 aliphatic heterocycles. The Morgan fingerprint density at radius 2 is 2.00 bits per heavy atom. The lowest BCUT2D eigenvalue weighted by Gasteiger charge is -2.38. The largest absolute Gasteiger partial charge is 0.366 e. The molecule has 0 bridgehead atoms. The van der Waals surface area contributed by atoms with E-state index >= 15 is 0 Å². The van der Waals surface area contributed by atoms with Crippen LogP contribution in [0.4, 0.5) is 0 Å². The fourth-order valence-electron chi connectivity index (χ4n) is 2.47. The molecule has 2 fully saturated rings. The highest BCUT2D eigenvalue weighted by Crippen LogP contribution is 2.26. The molecule has 2 heteroatoms. The monoisotopic (exact) mass is 169 g/mol. The molecule has 2 rings (SSSR count). The van der Waals surface area contributed by atoms with E-state index in [1.165, 1.54) is 32.1 Å². The van der Waals surface area contributed by atoms with Crippen LogP contribution in [0.2, 0.25) is 0 Å². The van der Waals surface area contributed by atoms with Gasteiger partial charge in [-0.15, -0.1) is 0 Å². The topological polar surface area (TPSA) is 12.5 Å². The Morgan fingerprint density at radius 1 is 1.17 bits per heavy atom. The molecule has 0 radical (unpaired) electrons. The second-order valence-electron chi connectivity index (χ2n) is 4.13. The summed E-state index contributed by atoms with van der Waals surface area (Å²) in [5.74, 6) is 0. The van der Waals surface area contributed by atoms with Crippen LogP contribution in [0.15, 0.2) is 0 Å². The second-order valence-corrected chi connectivity index (χ2v) is 4.13. The first kappa shape index (κ1) is 8.52. The third kappa shape index (κ3) is 1.64. The van der Waals surface area contributed by atoms with Crippen molar-refractivity contribution in [3.8, 4) is 0 Å². The zero-order valence-electron chi connectivity index (χ0n) is 7.96. The maximum Gasteiger partial charge on any atom is 0.0994 e. The molecule has 2 atom stereocenters. The van der Waals surface area contributed by atoms with Gasteiger partial charge in [-0.3, -0.25) is 4.90 Å². The number of rotatable bonds is 0. The third-order valence-corrected chi connectivity index (χ3v) is 3.26. The van der Waals surface area contributed by atoms with E-state index in [0.717, 1.165) is 25.4 Å². The quantitative estimate of drug-likeness (QED) is 0.550. The maximum atomic E-state index is 5.56. The van der Waals surface area contributed by atoms with Crippen LogP contribution < -0.4 is 0 Å². The number of ether oxygens (including phenoxy) is 1. The van der Waals surface area contributed by atoms with Crippen LogP contribution in [0.5, 0.6) is 0 Å². The average molecular weight is 169 g/mol. The van der Waals surface area contributed by atoms with Gasteiger partial charge in [0.05, 0.1) is 6.73 Å². The molecule has 0 aliphatic carbocycles. The normalized spacial score (nSPS) is 38.8. The first-order valence-electron chi connectivity index (χ1n) is 5.21. The summed E-state index contributed by atoms with van der Waals surface area (Å²) in [5.41, 5.74) is 0. The first-order chi connectivity index (χ1) is 5.88. The highest BCUT2D eigenvalue weighted by Gasteiger charge is 2.28. The lowest BCUT2D eigenvalue weighted by Crippen LogP contribution is -2.45. The molecule has 2 heterocycles. The predicted octanol–water partition coefficient (Wildman–Crippen LogP) is 2.00. The van der Waals surface area contributed by atoms with Gasteiger partial charge in [0.2, 0.25) is 0 Å². The number of hydrogen-bond acceptors (Lipinski definition) is 2. The van der Waals surface area contributed by atoms with E-state index in [1.807, 2.05) is 0 Å².